The first kappa shape index (κ1) is 18.8. The standard InChI is InChI=1S/C20H23FN4O2/c1-12-9-15(11-23-13(12)2)24-19(27)20(7-4-8-20)25-14-5-6-16(17(21)10-14)18(26)22-3/h5-6,9-11,25H,4,7-8H2,1-3H3,(H,22,26)(H,24,27). The number of amides is 2. The van der Waals surface area contributed by atoms with Crippen LogP contribution in [0.15, 0.2) is 30.5 Å². The lowest BCUT2D eigenvalue weighted by Crippen LogP contribution is -2.54. The fraction of sp³-hybridized carbons (Fsp3) is 0.350. The molecule has 1 fully saturated rings. The van der Waals surface area contributed by atoms with Gasteiger partial charge in [0.1, 0.15) is 11.4 Å². The van der Waals surface area contributed by atoms with E-state index < -0.39 is 17.3 Å². The number of halogens is 1. The number of carbonyl (C=O) groups excluding carboxylic acids is 2. The fourth-order valence-electron chi connectivity index (χ4n) is 3.09. The van der Waals surface area contributed by atoms with E-state index in [9.17, 15) is 14.0 Å². The SMILES string of the molecule is CNC(=O)c1ccc(NC2(C(=O)Nc3cnc(C)c(C)c3)CCC2)cc1F. The number of hydrogen-bond acceptors (Lipinski definition) is 4. The van der Waals surface area contributed by atoms with Crippen LogP contribution in [0.3, 0.4) is 0 Å². The van der Waals surface area contributed by atoms with Gasteiger partial charge in [0.2, 0.25) is 5.91 Å². The second-order valence-corrected chi connectivity index (χ2v) is 6.91. The Morgan fingerprint density at radius 1 is 1.15 bits per heavy atom. The van der Waals surface area contributed by atoms with E-state index in [2.05, 4.69) is 20.9 Å². The highest BCUT2D eigenvalue weighted by Gasteiger charge is 2.44. The molecule has 1 aromatic heterocycles. The topological polar surface area (TPSA) is 83.1 Å². The van der Waals surface area contributed by atoms with E-state index in [-0.39, 0.29) is 11.5 Å². The summed E-state index contributed by atoms with van der Waals surface area (Å²) < 4.78 is 14.2. The molecule has 3 rings (SSSR count). The van der Waals surface area contributed by atoms with Crippen molar-refractivity contribution in [2.24, 2.45) is 0 Å². The number of pyridine rings is 1. The zero-order valence-electron chi connectivity index (χ0n) is 15.6. The van der Waals surface area contributed by atoms with Gasteiger partial charge in [-0.05, 0) is 62.9 Å². The summed E-state index contributed by atoms with van der Waals surface area (Å²) in [7, 11) is 1.45. The number of hydrogen-bond donors (Lipinski definition) is 3. The lowest BCUT2D eigenvalue weighted by Gasteiger charge is -2.41. The number of nitrogens with zero attached hydrogens (tertiary/aromatic N) is 1. The molecule has 0 unspecified atom stereocenters. The third kappa shape index (κ3) is 3.77. The third-order valence-corrected chi connectivity index (χ3v) is 5.06. The number of carbonyl (C=O) groups is 2. The number of benzene rings is 1. The van der Waals surface area contributed by atoms with Crippen molar-refractivity contribution < 1.29 is 14.0 Å². The molecule has 0 radical (unpaired) electrons. The highest BCUT2D eigenvalue weighted by atomic mass is 19.1. The molecule has 0 aliphatic heterocycles. The van der Waals surface area contributed by atoms with E-state index >= 15 is 0 Å². The van der Waals surface area contributed by atoms with Gasteiger partial charge in [0.25, 0.3) is 5.91 Å². The monoisotopic (exact) mass is 370 g/mol. The van der Waals surface area contributed by atoms with Crippen molar-refractivity contribution in [1.29, 1.82) is 0 Å². The van der Waals surface area contributed by atoms with Gasteiger partial charge >= 0.3 is 0 Å². The quantitative estimate of drug-likeness (QED) is 0.755. The predicted octanol–water partition coefficient (Wildman–Crippen LogP) is 3.17. The molecule has 0 bridgehead atoms. The molecule has 1 saturated carbocycles. The second-order valence-electron chi connectivity index (χ2n) is 6.91. The Morgan fingerprint density at radius 3 is 2.44 bits per heavy atom. The maximum absolute atomic E-state index is 14.2. The molecule has 6 nitrogen and oxygen atoms in total. The van der Waals surface area contributed by atoms with Crippen LogP contribution < -0.4 is 16.0 Å². The summed E-state index contributed by atoms with van der Waals surface area (Å²) in [6.45, 7) is 3.85. The van der Waals surface area contributed by atoms with E-state index in [1.54, 1.807) is 12.3 Å². The van der Waals surface area contributed by atoms with Crippen molar-refractivity contribution in [3.63, 3.8) is 0 Å². The molecule has 0 atom stereocenters. The first-order chi connectivity index (χ1) is 12.8. The van der Waals surface area contributed by atoms with Crippen molar-refractivity contribution in [2.45, 2.75) is 38.6 Å². The summed E-state index contributed by atoms with van der Waals surface area (Å²) in [6, 6.07) is 6.15. The summed E-state index contributed by atoms with van der Waals surface area (Å²) in [5, 5.41) is 8.46. The van der Waals surface area contributed by atoms with Crippen molar-refractivity contribution in [1.82, 2.24) is 10.3 Å². The van der Waals surface area contributed by atoms with Gasteiger partial charge in [0, 0.05) is 18.4 Å². The Hall–Kier alpha value is -2.96. The molecule has 7 heteroatoms. The van der Waals surface area contributed by atoms with Crippen LogP contribution >= 0.6 is 0 Å². The van der Waals surface area contributed by atoms with Crippen LogP contribution in [0, 0.1) is 19.7 Å². The summed E-state index contributed by atoms with van der Waals surface area (Å²) in [5.74, 6) is -1.29. The molecular weight excluding hydrogens is 347 g/mol. The molecule has 0 saturated heterocycles. The molecule has 2 aromatic rings. The van der Waals surface area contributed by atoms with E-state index in [1.807, 2.05) is 19.9 Å². The van der Waals surface area contributed by atoms with Gasteiger partial charge in [-0.2, -0.15) is 0 Å². The molecule has 1 aliphatic rings. The van der Waals surface area contributed by atoms with Crippen LogP contribution in [-0.4, -0.2) is 29.4 Å². The third-order valence-electron chi connectivity index (χ3n) is 5.06. The van der Waals surface area contributed by atoms with Gasteiger partial charge in [-0.25, -0.2) is 4.39 Å². The maximum atomic E-state index is 14.2. The minimum Gasteiger partial charge on any atom is -0.371 e. The summed E-state index contributed by atoms with van der Waals surface area (Å²) >= 11 is 0. The van der Waals surface area contributed by atoms with Gasteiger partial charge in [-0.1, -0.05) is 0 Å². The van der Waals surface area contributed by atoms with Gasteiger partial charge in [0.15, 0.2) is 0 Å². The van der Waals surface area contributed by atoms with E-state index in [0.717, 1.165) is 17.7 Å². The van der Waals surface area contributed by atoms with E-state index in [0.29, 0.717) is 24.2 Å². The van der Waals surface area contributed by atoms with Crippen LogP contribution in [0.4, 0.5) is 15.8 Å². The Balaban J connectivity index is 1.77. The first-order valence-electron chi connectivity index (χ1n) is 8.89. The van der Waals surface area contributed by atoms with Gasteiger partial charge in [-0.15, -0.1) is 0 Å². The summed E-state index contributed by atoms with van der Waals surface area (Å²) in [4.78, 5) is 28.7. The predicted molar refractivity (Wildman–Crippen MR) is 102 cm³/mol. The maximum Gasteiger partial charge on any atom is 0.253 e. The molecule has 3 N–H and O–H groups in total. The highest BCUT2D eigenvalue weighted by Crippen LogP contribution is 2.37. The number of nitrogens with one attached hydrogen (secondary N) is 3. The van der Waals surface area contributed by atoms with Crippen molar-refractivity contribution in [3.05, 3.63) is 53.1 Å². The second kappa shape index (κ2) is 7.34. The van der Waals surface area contributed by atoms with Crippen LogP contribution in [-0.2, 0) is 4.79 Å². The Bertz CT molecular complexity index is 894. The molecule has 27 heavy (non-hydrogen) atoms. The molecular formula is C20H23FN4O2. The van der Waals surface area contributed by atoms with Crippen LogP contribution in [0.5, 0.6) is 0 Å². The molecule has 142 valence electrons. The molecule has 1 aromatic carbocycles. The molecule has 1 aliphatic carbocycles. The van der Waals surface area contributed by atoms with E-state index in [4.69, 9.17) is 0 Å². The highest BCUT2D eigenvalue weighted by molar-refractivity contribution is 6.01. The number of aromatic nitrogens is 1. The largest absolute Gasteiger partial charge is 0.371 e. The summed E-state index contributed by atoms with van der Waals surface area (Å²) in [6.07, 6.45) is 3.83. The minimum absolute atomic E-state index is 0.0311. The normalized spacial score (nSPS) is 14.8. The van der Waals surface area contributed by atoms with Gasteiger partial charge in [0.05, 0.1) is 17.4 Å². The molecule has 0 spiro atoms. The first-order valence-corrected chi connectivity index (χ1v) is 8.89. The number of aryl methyl sites for hydroxylation is 2. The minimum atomic E-state index is -0.792. The van der Waals surface area contributed by atoms with Crippen LogP contribution in [0.2, 0.25) is 0 Å². The average Bonchev–Trinajstić information content (AvgIpc) is 2.60. The fourth-order valence-corrected chi connectivity index (χ4v) is 3.09. The smallest absolute Gasteiger partial charge is 0.253 e. The van der Waals surface area contributed by atoms with Crippen molar-refractivity contribution in [3.8, 4) is 0 Å². The van der Waals surface area contributed by atoms with E-state index in [1.165, 1.54) is 19.2 Å². The van der Waals surface area contributed by atoms with Crippen molar-refractivity contribution >= 4 is 23.2 Å². The lowest BCUT2D eigenvalue weighted by molar-refractivity contribution is -0.122. The number of rotatable bonds is 5. The van der Waals surface area contributed by atoms with Crippen LogP contribution in [0.1, 0.15) is 40.9 Å². The van der Waals surface area contributed by atoms with Gasteiger partial charge in [-0.3, -0.25) is 14.6 Å². The number of anilines is 2. The Kier molecular flexibility index (Phi) is 5.12. The Morgan fingerprint density at radius 2 is 1.89 bits per heavy atom. The van der Waals surface area contributed by atoms with Gasteiger partial charge < -0.3 is 16.0 Å². The Labute approximate surface area is 157 Å². The molecule has 2 amide bonds. The zero-order chi connectivity index (χ0) is 19.6. The molecule has 1 heterocycles. The summed E-state index contributed by atoms with van der Waals surface area (Å²) in [5.41, 5.74) is 2.19. The zero-order valence-corrected chi connectivity index (χ0v) is 15.6. The average molecular weight is 370 g/mol. The van der Waals surface area contributed by atoms with Crippen LogP contribution in [0.25, 0.3) is 0 Å². The lowest BCUT2D eigenvalue weighted by atomic mass is 9.75. The van der Waals surface area contributed by atoms with Crippen molar-refractivity contribution in [2.75, 3.05) is 17.7 Å².